The fourth-order valence-corrected chi connectivity index (χ4v) is 2.33. The molecule has 8 heteroatoms. The molecule has 0 aromatic carbocycles. The first-order chi connectivity index (χ1) is 9.98. The molecule has 2 N–H and O–H groups in total. The SMILES string of the molecule is CCS(=O)(=O)NCCNC(=NC)N(C)CCOCC1CC1. The molecule has 0 heterocycles. The van der Waals surface area contributed by atoms with Gasteiger partial charge in [-0.25, -0.2) is 13.1 Å². The van der Waals surface area contributed by atoms with E-state index in [1.54, 1.807) is 14.0 Å². The zero-order valence-electron chi connectivity index (χ0n) is 13.3. The molecule has 1 fully saturated rings. The van der Waals surface area contributed by atoms with Gasteiger partial charge in [-0.3, -0.25) is 4.99 Å². The zero-order chi connectivity index (χ0) is 15.7. The molecule has 7 nitrogen and oxygen atoms in total. The number of hydrogen-bond donors (Lipinski definition) is 2. The van der Waals surface area contributed by atoms with E-state index in [1.165, 1.54) is 12.8 Å². The number of likely N-dealkylation sites (N-methyl/N-ethyl adjacent to an activating group) is 1. The minimum atomic E-state index is -3.13. The summed E-state index contributed by atoms with van der Waals surface area (Å²) in [6.45, 7) is 4.76. The molecule has 0 saturated heterocycles. The van der Waals surface area contributed by atoms with Gasteiger partial charge in [-0.1, -0.05) is 0 Å². The fourth-order valence-electron chi connectivity index (χ4n) is 1.71. The third-order valence-corrected chi connectivity index (χ3v) is 4.71. The minimum Gasteiger partial charge on any atom is -0.379 e. The first-order valence-electron chi connectivity index (χ1n) is 7.45. The summed E-state index contributed by atoms with van der Waals surface area (Å²) in [5.74, 6) is 1.61. The van der Waals surface area contributed by atoms with Gasteiger partial charge in [0.2, 0.25) is 10.0 Å². The Hall–Kier alpha value is -0.860. The number of ether oxygens (including phenoxy) is 1. The lowest BCUT2D eigenvalue weighted by atomic mass is 10.5. The van der Waals surface area contributed by atoms with Gasteiger partial charge in [0.15, 0.2) is 5.96 Å². The van der Waals surface area contributed by atoms with Crippen LogP contribution in [0, 0.1) is 5.92 Å². The molecule has 0 spiro atoms. The van der Waals surface area contributed by atoms with Crippen LogP contribution < -0.4 is 10.0 Å². The van der Waals surface area contributed by atoms with Crippen LogP contribution in [0.2, 0.25) is 0 Å². The van der Waals surface area contributed by atoms with Gasteiger partial charge < -0.3 is 15.0 Å². The summed E-state index contributed by atoms with van der Waals surface area (Å²) < 4.78 is 30.7. The monoisotopic (exact) mass is 320 g/mol. The van der Waals surface area contributed by atoms with E-state index >= 15 is 0 Å². The molecule has 21 heavy (non-hydrogen) atoms. The van der Waals surface area contributed by atoms with Crippen molar-refractivity contribution in [1.82, 2.24) is 14.9 Å². The largest absolute Gasteiger partial charge is 0.379 e. The van der Waals surface area contributed by atoms with Crippen LogP contribution >= 0.6 is 0 Å². The number of nitrogens with one attached hydrogen (secondary N) is 2. The van der Waals surface area contributed by atoms with Crippen molar-refractivity contribution in [2.24, 2.45) is 10.9 Å². The van der Waals surface area contributed by atoms with Crippen molar-refractivity contribution in [3.63, 3.8) is 0 Å². The molecule has 1 aliphatic carbocycles. The molecule has 0 aliphatic heterocycles. The lowest BCUT2D eigenvalue weighted by Crippen LogP contribution is -2.43. The highest BCUT2D eigenvalue weighted by atomic mass is 32.2. The van der Waals surface area contributed by atoms with Crippen molar-refractivity contribution in [2.45, 2.75) is 19.8 Å². The lowest BCUT2D eigenvalue weighted by molar-refractivity contribution is 0.115. The molecule has 1 rings (SSSR count). The number of nitrogens with zero attached hydrogens (tertiary/aromatic N) is 2. The first-order valence-corrected chi connectivity index (χ1v) is 9.10. The van der Waals surface area contributed by atoms with Crippen LogP contribution in [0.1, 0.15) is 19.8 Å². The summed E-state index contributed by atoms with van der Waals surface area (Å²) in [5, 5.41) is 3.12. The zero-order valence-corrected chi connectivity index (χ0v) is 14.1. The van der Waals surface area contributed by atoms with E-state index in [2.05, 4.69) is 15.0 Å². The summed E-state index contributed by atoms with van der Waals surface area (Å²) in [6, 6.07) is 0. The highest BCUT2D eigenvalue weighted by Gasteiger charge is 2.21. The van der Waals surface area contributed by atoms with Crippen LogP contribution in [0.15, 0.2) is 4.99 Å². The maximum absolute atomic E-state index is 11.3. The van der Waals surface area contributed by atoms with Gasteiger partial charge in [-0.05, 0) is 25.7 Å². The van der Waals surface area contributed by atoms with E-state index < -0.39 is 10.0 Å². The van der Waals surface area contributed by atoms with E-state index in [0.29, 0.717) is 19.7 Å². The van der Waals surface area contributed by atoms with Gasteiger partial charge in [-0.15, -0.1) is 0 Å². The molecular weight excluding hydrogens is 292 g/mol. The topological polar surface area (TPSA) is 83.0 Å². The van der Waals surface area contributed by atoms with E-state index in [1.807, 2.05) is 11.9 Å². The Kier molecular flexibility index (Phi) is 7.98. The van der Waals surface area contributed by atoms with Crippen LogP contribution in [0.3, 0.4) is 0 Å². The summed E-state index contributed by atoms with van der Waals surface area (Å²) in [7, 11) is 0.517. The van der Waals surface area contributed by atoms with Gasteiger partial charge in [0.1, 0.15) is 0 Å². The molecule has 0 aromatic rings. The van der Waals surface area contributed by atoms with Crippen molar-refractivity contribution in [1.29, 1.82) is 0 Å². The van der Waals surface area contributed by atoms with Gasteiger partial charge in [0.25, 0.3) is 0 Å². The number of guanidine groups is 1. The Bertz CT molecular complexity index is 421. The van der Waals surface area contributed by atoms with Crippen LogP contribution in [0.25, 0.3) is 0 Å². The highest BCUT2D eigenvalue weighted by Crippen LogP contribution is 2.28. The number of aliphatic imine (C=N–C) groups is 1. The molecule has 0 aromatic heterocycles. The minimum absolute atomic E-state index is 0.0972. The molecule has 0 bridgehead atoms. The summed E-state index contributed by atoms with van der Waals surface area (Å²) in [6.07, 6.45) is 2.60. The van der Waals surface area contributed by atoms with Gasteiger partial charge >= 0.3 is 0 Å². The van der Waals surface area contributed by atoms with E-state index in [4.69, 9.17) is 4.74 Å². The average molecular weight is 320 g/mol. The highest BCUT2D eigenvalue weighted by molar-refractivity contribution is 7.89. The number of sulfonamides is 1. The normalized spacial score (nSPS) is 16.0. The van der Waals surface area contributed by atoms with Gasteiger partial charge in [-0.2, -0.15) is 0 Å². The van der Waals surface area contributed by atoms with Crippen LogP contribution in [0.4, 0.5) is 0 Å². The Morgan fingerprint density at radius 2 is 2.10 bits per heavy atom. The third-order valence-electron chi connectivity index (χ3n) is 3.31. The molecule has 124 valence electrons. The number of rotatable bonds is 10. The molecule has 1 saturated carbocycles. The fraction of sp³-hybridized carbons (Fsp3) is 0.923. The second-order valence-electron chi connectivity index (χ2n) is 5.21. The summed E-state index contributed by atoms with van der Waals surface area (Å²) in [4.78, 5) is 6.14. The predicted molar refractivity (Wildman–Crippen MR) is 85.0 cm³/mol. The van der Waals surface area contributed by atoms with E-state index in [-0.39, 0.29) is 5.75 Å². The molecule has 0 atom stereocenters. The van der Waals surface area contributed by atoms with Crippen molar-refractivity contribution >= 4 is 16.0 Å². The van der Waals surface area contributed by atoms with E-state index in [0.717, 1.165) is 25.0 Å². The van der Waals surface area contributed by atoms with Crippen molar-refractivity contribution < 1.29 is 13.2 Å². The summed E-state index contributed by atoms with van der Waals surface area (Å²) >= 11 is 0. The van der Waals surface area contributed by atoms with Gasteiger partial charge in [0.05, 0.1) is 12.4 Å². The maximum Gasteiger partial charge on any atom is 0.211 e. The second kappa shape index (κ2) is 9.22. The second-order valence-corrected chi connectivity index (χ2v) is 7.31. The van der Waals surface area contributed by atoms with E-state index in [9.17, 15) is 8.42 Å². The molecule has 0 radical (unpaired) electrons. The Balaban J connectivity index is 2.14. The lowest BCUT2D eigenvalue weighted by Gasteiger charge is -2.22. The van der Waals surface area contributed by atoms with Crippen LogP contribution in [-0.4, -0.2) is 72.0 Å². The maximum atomic E-state index is 11.3. The predicted octanol–water partition coefficient (Wildman–Crippen LogP) is -0.140. The van der Waals surface area contributed by atoms with Crippen molar-refractivity contribution in [3.05, 3.63) is 0 Å². The molecule has 1 aliphatic rings. The average Bonchev–Trinajstić information content (AvgIpc) is 3.27. The third kappa shape index (κ3) is 8.23. The molecule has 0 unspecified atom stereocenters. The Labute approximate surface area is 128 Å². The molecular formula is C13H28N4O3S. The first kappa shape index (κ1) is 18.2. The Morgan fingerprint density at radius 1 is 1.38 bits per heavy atom. The quantitative estimate of drug-likeness (QED) is 0.333. The van der Waals surface area contributed by atoms with Crippen molar-refractivity contribution in [3.8, 4) is 0 Å². The molecule has 0 amide bonds. The standard InChI is InChI=1S/C13H28N4O3S/c1-4-21(18,19)16-8-7-15-13(14-2)17(3)9-10-20-11-12-5-6-12/h12,16H,4-11H2,1-3H3,(H,14,15). The smallest absolute Gasteiger partial charge is 0.211 e. The van der Waals surface area contributed by atoms with Crippen LogP contribution in [-0.2, 0) is 14.8 Å². The summed E-state index contributed by atoms with van der Waals surface area (Å²) in [5.41, 5.74) is 0. The number of hydrogen-bond acceptors (Lipinski definition) is 4. The van der Waals surface area contributed by atoms with Crippen molar-refractivity contribution in [2.75, 3.05) is 52.7 Å². The van der Waals surface area contributed by atoms with Gasteiger partial charge in [0, 0.05) is 40.3 Å². The van der Waals surface area contributed by atoms with Crippen LogP contribution in [0.5, 0.6) is 0 Å². The Morgan fingerprint density at radius 3 is 2.67 bits per heavy atom.